The molecule has 2 rings (SSSR count). The number of halogens is 2. The molecule has 5 N–H and O–H groups in total. The number of hydrogen-bond donors (Lipinski definition) is 4. The van der Waals surface area contributed by atoms with E-state index < -0.39 is 45.8 Å². The van der Waals surface area contributed by atoms with Crippen LogP contribution in [0, 0.1) is 5.82 Å². The number of pyridine rings is 1. The average molecular weight is 401 g/mol. The Morgan fingerprint density at radius 3 is 2.29 bits per heavy atom. The molecule has 0 saturated carbocycles. The highest BCUT2D eigenvalue weighted by Crippen LogP contribution is 2.36. The van der Waals surface area contributed by atoms with E-state index in [0.717, 1.165) is 6.07 Å². The largest absolute Gasteiger partial charge is 0.492 e. The summed E-state index contributed by atoms with van der Waals surface area (Å²) in [5.41, 5.74) is 2.22. The zero-order chi connectivity index (χ0) is 18.2. The number of carboxylic acids is 2. The van der Waals surface area contributed by atoms with Gasteiger partial charge in [0.1, 0.15) is 16.9 Å². The molecule has 0 atom stereocenters. The molecule has 0 spiro atoms. The maximum absolute atomic E-state index is 14.1. The number of anilines is 1. The Hall–Kier alpha value is -2.88. The zero-order valence-corrected chi connectivity index (χ0v) is 13.6. The number of aromatic nitrogens is 1. The van der Waals surface area contributed by atoms with E-state index in [4.69, 9.17) is 10.5 Å². The number of carboxylic acid groups (broad SMARTS) is 2. The normalized spacial score (nSPS) is 10.5. The Morgan fingerprint density at radius 1 is 1.25 bits per heavy atom. The Kier molecular flexibility index (Phi) is 4.60. The van der Waals surface area contributed by atoms with Gasteiger partial charge in [-0.1, -0.05) is 0 Å². The van der Waals surface area contributed by atoms with Gasteiger partial charge in [0.25, 0.3) is 5.56 Å². The number of aromatic carboxylic acids is 2. The highest BCUT2D eigenvalue weighted by atomic mass is 79.9. The molecule has 0 fully saturated rings. The van der Waals surface area contributed by atoms with Crippen LogP contribution >= 0.6 is 15.9 Å². The Labute approximate surface area is 141 Å². The third-order valence-corrected chi connectivity index (χ3v) is 3.75. The highest BCUT2D eigenvalue weighted by Gasteiger charge is 2.27. The molecular weight excluding hydrogens is 391 g/mol. The van der Waals surface area contributed by atoms with Crippen LogP contribution in [-0.2, 0) is 0 Å². The number of H-pyrrole nitrogens is 1. The lowest BCUT2D eigenvalue weighted by atomic mass is 9.95. The topological polar surface area (TPSA) is 143 Å². The van der Waals surface area contributed by atoms with Crippen molar-refractivity contribution < 1.29 is 28.9 Å². The average Bonchev–Trinajstić information content (AvgIpc) is 2.44. The first kappa shape index (κ1) is 17.5. The quantitative estimate of drug-likeness (QED) is 0.613. The number of hydrogen-bond acceptors (Lipinski definition) is 5. The van der Waals surface area contributed by atoms with Gasteiger partial charge in [0.15, 0.2) is 11.6 Å². The summed E-state index contributed by atoms with van der Waals surface area (Å²) in [4.78, 5) is 36.7. The van der Waals surface area contributed by atoms with Gasteiger partial charge in [0.05, 0.1) is 11.6 Å². The summed E-state index contributed by atoms with van der Waals surface area (Å²) in [5, 5.41) is 18.6. The molecule has 0 unspecified atom stereocenters. The summed E-state index contributed by atoms with van der Waals surface area (Å²) in [6.45, 7) is 0. The minimum Gasteiger partial charge on any atom is -0.492 e. The van der Waals surface area contributed by atoms with Crippen LogP contribution in [0.3, 0.4) is 0 Å². The van der Waals surface area contributed by atoms with Crippen LogP contribution in [0.5, 0.6) is 5.75 Å². The Balaban J connectivity index is 3.00. The highest BCUT2D eigenvalue weighted by molar-refractivity contribution is 9.10. The predicted molar refractivity (Wildman–Crippen MR) is 85.0 cm³/mol. The molecule has 0 radical (unpaired) electrons. The molecule has 126 valence electrons. The van der Waals surface area contributed by atoms with E-state index in [1.54, 1.807) is 0 Å². The third-order valence-electron chi connectivity index (χ3n) is 3.16. The van der Waals surface area contributed by atoms with Crippen LogP contribution < -0.4 is 16.0 Å². The van der Waals surface area contributed by atoms with Crippen LogP contribution in [0.1, 0.15) is 20.7 Å². The van der Waals surface area contributed by atoms with Gasteiger partial charge in [0, 0.05) is 5.56 Å². The van der Waals surface area contributed by atoms with Crippen LogP contribution in [0.25, 0.3) is 11.1 Å². The van der Waals surface area contributed by atoms with Crippen LogP contribution in [0.4, 0.5) is 10.2 Å². The number of rotatable bonds is 4. The van der Waals surface area contributed by atoms with E-state index in [9.17, 15) is 29.0 Å². The fourth-order valence-corrected chi connectivity index (χ4v) is 2.83. The Bertz CT molecular complexity index is 901. The summed E-state index contributed by atoms with van der Waals surface area (Å²) >= 11 is 3.04. The second-order valence-electron chi connectivity index (χ2n) is 4.58. The fraction of sp³-hybridized carbons (Fsp3) is 0.0714. The lowest BCUT2D eigenvalue weighted by molar-refractivity contribution is 0.0695. The van der Waals surface area contributed by atoms with E-state index in [-0.39, 0.29) is 15.8 Å². The number of ether oxygens (including phenoxy) is 1. The SMILES string of the molecule is COc1c(F)cc(-c2c(C(=O)O)c(N)[nH]c(=O)c2C(=O)O)cc1Br. The predicted octanol–water partition coefficient (Wildman–Crippen LogP) is 1.93. The zero-order valence-electron chi connectivity index (χ0n) is 12.0. The molecule has 1 aromatic carbocycles. The number of nitrogens with two attached hydrogens (primary N) is 1. The van der Waals surface area contributed by atoms with E-state index in [2.05, 4.69) is 15.9 Å². The smallest absolute Gasteiger partial charge is 0.342 e. The number of nitrogen functional groups attached to an aromatic ring is 1. The molecule has 0 aliphatic heterocycles. The van der Waals surface area contributed by atoms with Crippen molar-refractivity contribution in [3.8, 4) is 16.9 Å². The summed E-state index contributed by atoms with van der Waals surface area (Å²) in [5.74, 6) is -4.84. The van der Waals surface area contributed by atoms with Gasteiger partial charge < -0.3 is 25.7 Å². The van der Waals surface area contributed by atoms with Crippen molar-refractivity contribution in [2.75, 3.05) is 12.8 Å². The van der Waals surface area contributed by atoms with Crippen molar-refractivity contribution in [3.05, 3.63) is 43.9 Å². The van der Waals surface area contributed by atoms with E-state index in [0.29, 0.717) is 0 Å². The monoisotopic (exact) mass is 400 g/mol. The van der Waals surface area contributed by atoms with Crippen molar-refractivity contribution in [1.29, 1.82) is 0 Å². The maximum Gasteiger partial charge on any atom is 0.342 e. The molecule has 2 aromatic rings. The van der Waals surface area contributed by atoms with Gasteiger partial charge in [0.2, 0.25) is 0 Å². The maximum atomic E-state index is 14.1. The van der Waals surface area contributed by atoms with Crippen molar-refractivity contribution in [3.63, 3.8) is 0 Å². The van der Waals surface area contributed by atoms with Crippen LogP contribution in [0.2, 0.25) is 0 Å². The molecule has 1 aromatic heterocycles. The van der Waals surface area contributed by atoms with Gasteiger partial charge in [-0.05, 0) is 33.6 Å². The molecule has 0 amide bonds. The lowest BCUT2D eigenvalue weighted by Gasteiger charge is -2.14. The van der Waals surface area contributed by atoms with E-state index in [1.165, 1.54) is 13.2 Å². The second-order valence-corrected chi connectivity index (χ2v) is 5.43. The third kappa shape index (κ3) is 2.83. The number of benzene rings is 1. The first-order valence-corrected chi connectivity index (χ1v) is 7.04. The van der Waals surface area contributed by atoms with Crippen molar-refractivity contribution in [2.45, 2.75) is 0 Å². The number of carbonyl (C=O) groups is 2. The molecule has 0 aliphatic carbocycles. The summed E-state index contributed by atoms with van der Waals surface area (Å²) in [6, 6.07) is 2.09. The minimum absolute atomic E-state index is 0.103. The van der Waals surface area contributed by atoms with Gasteiger partial charge in [-0.15, -0.1) is 0 Å². The first-order chi connectivity index (χ1) is 11.2. The summed E-state index contributed by atoms with van der Waals surface area (Å²) in [6.07, 6.45) is 0. The molecule has 0 saturated heterocycles. The molecular formula is C14H10BrFN2O6. The molecule has 0 bridgehead atoms. The molecule has 24 heavy (non-hydrogen) atoms. The van der Waals surface area contributed by atoms with Crippen LogP contribution in [-0.4, -0.2) is 34.2 Å². The van der Waals surface area contributed by atoms with Gasteiger partial charge in [-0.2, -0.15) is 0 Å². The number of nitrogens with one attached hydrogen (secondary N) is 1. The van der Waals surface area contributed by atoms with Gasteiger partial charge in [-0.3, -0.25) is 4.79 Å². The summed E-state index contributed by atoms with van der Waals surface area (Å²) in [7, 11) is 1.22. The van der Waals surface area contributed by atoms with Gasteiger partial charge in [-0.25, -0.2) is 14.0 Å². The van der Waals surface area contributed by atoms with Crippen LogP contribution in [0.15, 0.2) is 21.4 Å². The van der Waals surface area contributed by atoms with Crippen molar-refractivity contribution in [1.82, 2.24) is 4.98 Å². The van der Waals surface area contributed by atoms with Crippen molar-refractivity contribution >= 4 is 33.7 Å². The van der Waals surface area contributed by atoms with E-state index >= 15 is 0 Å². The van der Waals surface area contributed by atoms with E-state index in [1.807, 2.05) is 4.98 Å². The molecule has 10 heteroatoms. The molecule has 1 heterocycles. The number of methoxy groups -OCH3 is 1. The first-order valence-electron chi connectivity index (χ1n) is 6.24. The number of aromatic amines is 1. The second kappa shape index (κ2) is 6.32. The summed E-state index contributed by atoms with van der Waals surface area (Å²) < 4.78 is 19.0. The lowest BCUT2D eigenvalue weighted by Crippen LogP contribution is -2.24. The standard InChI is InChI=1S/C14H10BrFN2O6/c1-24-10-5(15)2-4(3-6(10)16)7-8(13(20)21)11(17)18-12(19)9(7)14(22)23/h2-3H,1H3,(H,20,21)(H,22,23)(H3,17,18,19). The van der Waals surface area contributed by atoms with Crippen molar-refractivity contribution in [2.24, 2.45) is 0 Å². The molecule has 0 aliphatic rings. The Morgan fingerprint density at radius 2 is 1.83 bits per heavy atom. The van der Waals surface area contributed by atoms with Gasteiger partial charge >= 0.3 is 11.9 Å². The fourth-order valence-electron chi connectivity index (χ4n) is 2.23. The minimum atomic E-state index is -1.68. The molecule has 8 nitrogen and oxygen atoms in total.